The molecule has 2 saturated carbocycles. The van der Waals surface area contributed by atoms with Gasteiger partial charge < -0.3 is 4.74 Å². The van der Waals surface area contributed by atoms with E-state index in [1.54, 1.807) is 18.2 Å². The van der Waals surface area contributed by atoms with Gasteiger partial charge in [0.2, 0.25) is 0 Å². The molecular weight excluding hydrogens is 276 g/mol. The minimum atomic E-state index is 0.494. The second-order valence-electron chi connectivity index (χ2n) is 7.62. The average molecular weight is 302 g/mol. The van der Waals surface area contributed by atoms with Crippen molar-refractivity contribution >= 4 is 12.6 Å². The predicted octanol–water partition coefficient (Wildman–Crippen LogP) is 4.85. The Morgan fingerprint density at radius 3 is 2.86 bits per heavy atom. The molecule has 3 aliphatic rings. The molecule has 4 rings (SSSR count). The molecule has 2 heteroatoms. The summed E-state index contributed by atoms with van der Waals surface area (Å²) in [7, 11) is 1.77. The minimum absolute atomic E-state index is 0.494. The smallest absolute Gasteiger partial charge is 0.119 e. The fourth-order valence-corrected chi connectivity index (χ4v) is 6.13. The Bertz CT molecular complexity index is 554. The summed E-state index contributed by atoms with van der Waals surface area (Å²) in [6, 6.07) is 6.78. The topological polar surface area (TPSA) is 9.23 Å². The van der Waals surface area contributed by atoms with Crippen LogP contribution in [0.3, 0.4) is 0 Å². The first kappa shape index (κ1) is 14.0. The summed E-state index contributed by atoms with van der Waals surface area (Å²) in [5.74, 6) is 3.59. The van der Waals surface area contributed by atoms with Gasteiger partial charge in [-0.2, -0.15) is 12.6 Å². The Hall–Kier alpha value is -0.630. The van der Waals surface area contributed by atoms with Gasteiger partial charge >= 0.3 is 0 Å². The lowest BCUT2D eigenvalue weighted by atomic mass is 9.56. The molecule has 0 amide bonds. The second kappa shape index (κ2) is 4.94. The van der Waals surface area contributed by atoms with E-state index < -0.39 is 0 Å². The molecule has 0 unspecified atom stereocenters. The molecule has 3 aliphatic carbocycles. The van der Waals surface area contributed by atoms with Crippen LogP contribution in [0.1, 0.15) is 56.1 Å². The molecule has 1 aromatic rings. The molecule has 0 radical (unpaired) electrons. The van der Waals surface area contributed by atoms with Crippen LogP contribution in [0.25, 0.3) is 0 Å². The quantitative estimate of drug-likeness (QED) is 0.730. The van der Waals surface area contributed by atoms with Crippen LogP contribution in [0.4, 0.5) is 0 Å². The third-order valence-corrected chi connectivity index (χ3v) is 7.73. The summed E-state index contributed by atoms with van der Waals surface area (Å²) in [6.45, 7) is 2.52. The highest BCUT2D eigenvalue weighted by molar-refractivity contribution is 7.81. The molecule has 114 valence electrons. The van der Waals surface area contributed by atoms with Gasteiger partial charge in [-0.05, 0) is 85.0 Å². The first-order chi connectivity index (χ1) is 10.1. The first-order valence-corrected chi connectivity index (χ1v) is 9.00. The van der Waals surface area contributed by atoms with E-state index >= 15 is 0 Å². The maximum Gasteiger partial charge on any atom is 0.119 e. The summed E-state index contributed by atoms with van der Waals surface area (Å²) in [5, 5.41) is 0.626. The largest absolute Gasteiger partial charge is 0.497 e. The highest BCUT2D eigenvalue weighted by atomic mass is 32.1. The van der Waals surface area contributed by atoms with E-state index in [9.17, 15) is 0 Å². The summed E-state index contributed by atoms with van der Waals surface area (Å²) in [5.41, 5.74) is 3.66. The van der Waals surface area contributed by atoms with Crippen LogP contribution in [0, 0.1) is 17.3 Å². The highest BCUT2D eigenvalue weighted by Gasteiger charge is 2.53. The molecule has 21 heavy (non-hydrogen) atoms. The number of aryl methyl sites for hydroxylation is 1. The van der Waals surface area contributed by atoms with Crippen molar-refractivity contribution in [2.45, 2.75) is 56.6 Å². The van der Waals surface area contributed by atoms with Gasteiger partial charge in [-0.1, -0.05) is 13.0 Å². The van der Waals surface area contributed by atoms with E-state index in [4.69, 9.17) is 17.4 Å². The average Bonchev–Trinajstić information content (AvgIpc) is 2.82. The molecule has 0 aromatic heterocycles. The molecule has 0 N–H and O–H groups in total. The van der Waals surface area contributed by atoms with Crippen LogP contribution < -0.4 is 4.74 Å². The molecule has 1 nitrogen and oxygen atoms in total. The Balaban J connectivity index is 1.68. The van der Waals surface area contributed by atoms with Crippen molar-refractivity contribution in [3.63, 3.8) is 0 Å². The van der Waals surface area contributed by atoms with E-state index in [1.807, 2.05) is 0 Å². The molecular formula is C19H26OS. The Morgan fingerprint density at radius 2 is 2.05 bits per heavy atom. The van der Waals surface area contributed by atoms with Gasteiger partial charge in [0.1, 0.15) is 5.75 Å². The fraction of sp³-hybridized carbons (Fsp3) is 0.684. The molecule has 1 aromatic carbocycles. The number of ether oxygens (including phenoxy) is 1. The Kier molecular flexibility index (Phi) is 3.29. The highest BCUT2D eigenvalue weighted by Crippen LogP contribution is 2.62. The number of benzene rings is 1. The van der Waals surface area contributed by atoms with Gasteiger partial charge in [0, 0.05) is 5.25 Å². The summed E-state index contributed by atoms with van der Waals surface area (Å²) >= 11 is 4.92. The van der Waals surface area contributed by atoms with Gasteiger partial charge in [0.15, 0.2) is 0 Å². The van der Waals surface area contributed by atoms with Crippen LogP contribution in [-0.2, 0) is 6.42 Å². The van der Waals surface area contributed by atoms with Crippen LogP contribution >= 0.6 is 12.6 Å². The molecule has 0 aliphatic heterocycles. The van der Waals surface area contributed by atoms with Gasteiger partial charge in [-0.25, -0.2) is 0 Å². The monoisotopic (exact) mass is 302 g/mol. The number of hydrogen-bond acceptors (Lipinski definition) is 2. The summed E-state index contributed by atoms with van der Waals surface area (Å²) in [4.78, 5) is 0. The van der Waals surface area contributed by atoms with Crippen LogP contribution in [0.5, 0.6) is 5.75 Å². The van der Waals surface area contributed by atoms with E-state index in [0.29, 0.717) is 10.7 Å². The normalized spacial score (nSPS) is 41.1. The standard InChI is InChI=1S/C19H26OS/c1-19-10-9-15-14-6-4-13(20-2)11-12(14)3-5-16(15)17(19)7-8-18(19)21/h4,6,11,15-18,21H,3,5,7-10H2,1-2H3/t15-,16-,17-,18-,19+/m0/s1. The van der Waals surface area contributed by atoms with Gasteiger partial charge in [-0.3, -0.25) is 0 Å². The molecule has 0 saturated heterocycles. The zero-order valence-electron chi connectivity index (χ0n) is 13.1. The molecule has 0 bridgehead atoms. The minimum Gasteiger partial charge on any atom is -0.497 e. The van der Waals surface area contributed by atoms with Gasteiger partial charge in [0.25, 0.3) is 0 Å². The van der Waals surface area contributed by atoms with Gasteiger partial charge in [0.05, 0.1) is 7.11 Å². The molecule has 5 atom stereocenters. The van der Waals surface area contributed by atoms with E-state index in [0.717, 1.165) is 23.5 Å². The summed E-state index contributed by atoms with van der Waals surface area (Å²) in [6.07, 6.45) is 8.04. The molecule has 0 heterocycles. The van der Waals surface area contributed by atoms with Crippen LogP contribution in [0.15, 0.2) is 18.2 Å². The van der Waals surface area contributed by atoms with Crippen molar-refractivity contribution in [3.05, 3.63) is 29.3 Å². The fourth-order valence-electron chi connectivity index (χ4n) is 5.66. The zero-order chi connectivity index (χ0) is 14.6. The van der Waals surface area contributed by atoms with E-state index in [2.05, 4.69) is 25.1 Å². The Morgan fingerprint density at radius 1 is 1.19 bits per heavy atom. The SMILES string of the molecule is COc1ccc2c(c1)CC[C@H]1[C@H]2CC[C@@]2(C)[C@@H](S)CC[C@@H]12. The van der Waals surface area contributed by atoms with E-state index in [-0.39, 0.29) is 0 Å². The number of thiol groups is 1. The van der Waals surface area contributed by atoms with Crippen molar-refractivity contribution in [2.75, 3.05) is 7.11 Å². The number of hydrogen-bond donors (Lipinski definition) is 1. The van der Waals surface area contributed by atoms with E-state index in [1.165, 1.54) is 38.5 Å². The number of methoxy groups -OCH3 is 1. The van der Waals surface area contributed by atoms with Crippen molar-refractivity contribution in [1.29, 1.82) is 0 Å². The molecule has 0 spiro atoms. The van der Waals surface area contributed by atoms with Crippen LogP contribution in [0.2, 0.25) is 0 Å². The van der Waals surface area contributed by atoms with Crippen molar-refractivity contribution in [2.24, 2.45) is 17.3 Å². The predicted molar refractivity (Wildman–Crippen MR) is 90.4 cm³/mol. The maximum absolute atomic E-state index is 5.41. The first-order valence-electron chi connectivity index (χ1n) is 8.48. The molecule has 2 fully saturated rings. The van der Waals surface area contributed by atoms with Gasteiger partial charge in [-0.15, -0.1) is 0 Å². The second-order valence-corrected chi connectivity index (χ2v) is 8.24. The third kappa shape index (κ3) is 1.98. The number of rotatable bonds is 1. The Labute approximate surface area is 133 Å². The lowest BCUT2D eigenvalue weighted by molar-refractivity contribution is 0.0633. The zero-order valence-corrected chi connectivity index (χ0v) is 14.0. The van der Waals surface area contributed by atoms with Crippen molar-refractivity contribution < 1.29 is 4.74 Å². The lowest BCUT2D eigenvalue weighted by Crippen LogP contribution is -2.42. The van der Waals surface area contributed by atoms with Crippen molar-refractivity contribution in [3.8, 4) is 5.75 Å². The van der Waals surface area contributed by atoms with Crippen LogP contribution in [-0.4, -0.2) is 12.4 Å². The summed E-state index contributed by atoms with van der Waals surface area (Å²) < 4.78 is 5.41. The third-order valence-electron chi connectivity index (χ3n) is 6.88. The number of fused-ring (bicyclic) bond motifs is 5. The lowest BCUT2D eigenvalue weighted by Gasteiger charge is -2.50. The maximum atomic E-state index is 5.41. The van der Waals surface area contributed by atoms with Crippen molar-refractivity contribution in [1.82, 2.24) is 0 Å².